The molecule has 0 saturated carbocycles. The fraction of sp³-hybridized carbons (Fsp3) is 0.725. The highest BCUT2D eigenvalue weighted by Crippen LogP contribution is 2.16. The van der Waals surface area contributed by atoms with Gasteiger partial charge in [0.2, 0.25) is 0 Å². The molecule has 430 valence electrons. The summed E-state index contributed by atoms with van der Waals surface area (Å²) in [5, 5.41) is 0. The Morgan fingerprint density at radius 1 is 0.280 bits per heavy atom. The van der Waals surface area contributed by atoms with Crippen molar-refractivity contribution in [3.8, 4) is 0 Å². The normalized spacial score (nSPS) is 12.7. The SMILES string of the molecule is CC/C=C\C/C=C\C/C=C\C/C=C\CCCCCCCCCCCCCCC(=O)OCC(COC(=O)CCCCCCC/C=C\CCCCCCCC)OC(=O)CCCCCCCCC/C=C\C/C=C\C/C=C\CC. The van der Waals surface area contributed by atoms with E-state index in [0.29, 0.717) is 19.3 Å². The minimum absolute atomic E-state index is 0.0842. The molecular formula is C69H118O6. The highest BCUT2D eigenvalue weighted by atomic mass is 16.6. The first kappa shape index (κ1) is 71.3. The molecule has 1 atom stereocenters. The predicted molar refractivity (Wildman–Crippen MR) is 325 cm³/mol. The molecule has 6 nitrogen and oxygen atoms in total. The van der Waals surface area contributed by atoms with Crippen molar-refractivity contribution in [1.82, 2.24) is 0 Å². The van der Waals surface area contributed by atoms with Crippen LogP contribution in [-0.4, -0.2) is 37.2 Å². The van der Waals surface area contributed by atoms with Crippen LogP contribution in [0.15, 0.2) is 97.2 Å². The average Bonchev–Trinajstić information content (AvgIpc) is 3.41. The molecule has 0 aliphatic carbocycles. The summed E-state index contributed by atoms with van der Waals surface area (Å²) in [4.78, 5) is 38.3. The second-order valence-electron chi connectivity index (χ2n) is 20.9. The summed E-state index contributed by atoms with van der Waals surface area (Å²) in [5.74, 6) is -0.895. The summed E-state index contributed by atoms with van der Waals surface area (Å²) in [6, 6.07) is 0. The fourth-order valence-corrected chi connectivity index (χ4v) is 8.86. The summed E-state index contributed by atoms with van der Waals surface area (Å²) >= 11 is 0. The van der Waals surface area contributed by atoms with Gasteiger partial charge in [0.1, 0.15) is 13.2 Å². The molecule has 0 rings (SSSR count). The lowest BCUT2D eigenvalue weighted by molar-refractivity contribution is -0.167. The number of rotatable bonds is 57. The molecule has 0 heterocycles. The molecule has 0 fully saturated rings. The largest absolute Gasteiger partial charge is 0.462 e. The first-order valence-corrected chi connectivity index (χ1v) is 31.7. The molecule has 1 unspecified atom stereocenters. The minimum Gasteiger partial charge on any atom is -0.462 e. The minimum atomic E-state index is -0.788. The Morgan fingerprint density at radius 2 is 0.520 bits per heavy atom. The van der Waals surface area contributed by atoms with Crippen LogP contribution in [-0.2, 0) is 28.6 Å². The van der Waals surface area contributed by atoms with E-state index < -0.39 is 6.10 Å². The second kappa shape index (κ2) is 62.9. The zero-order valence-corrected chi connectivity index (χ0v) is 49.3. The van der Waals surface area contributed by atoms with Gasteiger partial charge in [-0.2, -0.15) is 0 Å². The van der Waals surface area contributed by atoms with Crippen molar-refractivity contribution in [1.29, 1.82) is 0 Å². The Morgan fingerprint density at radius 3 is 0.827 bits per heavy atom. The molecule has 0 spiro atoms. The van der Waals surface area contributed by atoms with Crippen LogP contribution in [0, 0.1) is 0 Å². The standard InChI is InChI=1S/C69H118O6/c1-4-7-10-13-16-19-22-25-28-30-31-32-33-34-35-36-37-39-41-44-47-50-53-56-59-62-68(71)74-65-66(64-73-67(70)61-58-55-52-49-46-43-40-27-24-21-18-15-12-9-6-3)75-69(72)63-60-57-54-51-48-45-42-38-29-26-23-20-17-14-11-8-5-2/h7-8,10-11,16-17,19-20,25-29,31-32,40,66H,4-6,9,12-15,18,21-24,30,33-39,41-65H2,1-3H3/b10-7-,11-8-,19-16-,20-17-,28-25-,29-26-,32-31-,40-27-. The summed E-state index contributed by atoms with van der Waals surface area (Å²) < 4.78 is 16.9. The van der Waals surface area contributed by atoms with Crippen LogP contribution in [0.2, 0.25) is 0 Å². The van der Waals surface area contributed by atoms with Crippen molar-refractivity contribution in [2.75, 3.05) is 13.2 Å². The van der Waals surface area contributed by atoms with Gasteiger partial charge >= 0.3 is 17.9 Å². The quantitative estimate of drug-likeness (QED) is 0.0261. The van der Waals surface area contributed by atoms with Crippen LogP contribution in [0.3, 0.4) is 0 Å². The Balaban J connectivity index is 4.34. The van der Waals surface area contributed by atoms with Crippen LogP contribution < -0.4 is 0 Å². The van der Waals surface area contributed by atoms with Gasteiger partial charge in [0.15, 0.2) is 6.10 Å². The van der Waals surface area contributed by atoms with E-state index in [4.69, 9.17) is 14.2 Å². The molecule has 0 aromatic heterocycles. The zero-order chi connectivity index (χ0) is 54.3. The Bertz CT molecular complexity index is 1480. The number of carbonyl (C=O) groups excluding carboxylic acids is 3. The molecule has 0 aliphatic heterocycles. The van der Waals surface area contributed by atoms with Crippen molar-refractivity contribution < 1.29 is 28.6 Å². The molecule has 0 saturated heterocycles. The number of esters is 3. The topological polar surface area (TPSA) is 78.9 Å². The number of carbonyl (C=O) groups is 3. The van der Waals surface area contributed by atoms with E-state index in [-0.39, 0.29) is 31.1 Å². The van der Waals surface area contributed by atoms with Gasteiger partial charge < -0.3 is 14.2 Å². The number of allylic oxidation sites excluding steroid dienone is 16. The summed E-state index contributed by atoms with van der Waals surface area (Å²) in [6.45, 7) is 6.42. The molecule has 0 amide bonds. The number of ether oxygens (including phenoxy) is 3. The molecular weight excluding hydrogens is 925 g/mol. The number of unbranched alkanes of at least 4 members (excludes halogenated alkanes) is 30. The van der Waals surface area contributed by atoms with E-state index in [1.165, 1.54) is 148 Å². The van der Waals surface area contributed by atoms with E-state index in [2.05, 4.69) is 118 Å². The van der Waals surface area contributed by atoms with E-state index in [1.54, 1.807) is 0 Å². The van der Waals surface area contributed by atoms with Crippen molar-refractivity contribution in [2.24, 2.45) is 0 Å². The van der Waals surface area contributed by atoms with Gasteiger partial charge in [-0.25, -0.2) is 0 Å². The highest BCUT2D eigenvalue weighted by Gasteiger charge is 2.19. The van der Waals surface area contributed by atoms with Crippen LogP contribution in [0.5, 0.6) is 0 Å². The summed E-state index contributed by atoms with van der Waals surface area (Å²) in [7, 11) is 0. The summed E-state index contributed by atoms with van der Waals surface area (Å²) in [5.41, 5.74) is 0. The molecule has 0 N–H and O–H groups in total. The van der Waals surface area contributed by atoms with E-state index >= 15 is 0 Å². The highest BCUT2D eigenvalue weighted by molar-refractivity contribution is 5.71. The lowest BCUT2D eigenvalue weighted by Gasteiger charge is -2.18. The molecule has 0 aromatic rings. The third-order valence-corrected chi connectivity index (χ3v) is 13.6. The summed E-state index contributed by atoms with van der Waals surface area (Å²) in [6.07, 6.45) is 84.1. The van der Waals surface area contributed by atoms with Gasteiger partial charge in [0, 0.05) is 19.3 Å². The van der Waals surface area contributed by atoms with Gasteiger partial charge in [-0.05, 0) is 116 Å². The van der Waals surface area contributed by atoms with Crippen LogP contribution in [0.1, 0.15) is 303 Å². The van der Waals surface area contributed by atoms with Gasteiger partial charge in [0.25, 0.3) is 0 Å². The lowest BCUT2D eigenvalue weighted by atomic mass is 10.0. The molecule has 0 radical (unpaired) electrons. The van der Waals surface area contributed by atoms with Gasteiger partial charge in [-0.3, -0.25) is 14.4 Å². The molecule has 75 heavy (non-hydrogen) atoms. The van der Waals surface area contributed by atoms with Crippen LogP contribution >= 0.6 is 0 Å². The third-order valence-electron chi connectivity index (χ3n) is 13.6. The van der Waals surface area contributed by atoms with E-state index in [0.717, 1.165) is 116 Å². The predicted octanol–water partition coefficient (Wildman–Crippen LogP) is 21.7. The van der Waals surface area contributed by atoms with Gasteiger partial charge in [0.05, 0.1) is 0 Å². The molecule has 6 heteroatoms. The van der Waals surface area contributed by atoms with Gasteiger partial charge in [-0.15, -0.1) is 0 Å². The monoisotopic (exact) mass is 1040 g/mol. The third kappa shape index (κ3) is 61.1. The van der Waals surface area contributed by atoms with Gasteiger partial charge in [-0.1, -0.05) is 266 Å². The maximum Gasteiger partial charge on any atom is 0.306 e. The Kier molecular flexibility index (Phi) is 59.8. The van der Waals surface area contributed by atoms with Crippen LogP contribution in [0.25, 0.3) is 0 Å². The van der Waals surface area contributed by atoms with Crippen molar-refractivity contribution in [3.63, 3.8) is 0 Å². The zero-order valence-electron chi connectivity index (χ0n) is 49.3. The maximum atomic E-state index is 12.9. The maximum absolute atomic E-state index is 12.9. The molecule has 0 bridgehead atoms. The van der Waals surface area contributed by atoms with Crippen molar-refractivity contribution in [3.05, 3.63) is 97.2 Å². The van der Waals surface area contributed by atoms with E-state index in [9.17, 15) is 14.4 Å². The number of hydrogen-bond donors (Lipinski definition) is 0. The first-order valence-electron chi connectivity index (χ1n) is 31.7. The Hall–Kier alpha value is -3.67. The Labute approximate surface area is 464 Å². The fourth-order valence-electron chi connectivity index (χ4n) is 8.86. The van der Waals surface area contributed by atoms with E-state index in [1.807, 2.05) is 0 Å². The molecule has 0 aromatic carbocycles. The molecule has 0 aliphatic rings. The first-order chi connectivity index (χ1) is 37.0. The second-order valence-corrected chi connectivity index (χ2v) is 20.9. The van der Waals surface area contributed by atoms with Crippen molar-refractivity contribution in [2.45, 2.75) is 309 Å². The number of hydrogen-bond acceptors (Lipinski definition) is 6. The van der Waals surface area contributed by atoms with Crippen molar-refractivity contribution >= 4 is 17.9 Å². The lowest BCUT2D eigenvalue weighted by Crippen LogP contribution is -2.30. The van der Waals surface area contributed by atoms with Crippen LogP contribution in [0.4, 0.5) is 0 Å². The smallest absolute Gasteiger partial charge is 0.306 e. The average molecular weight is 1040 g/mol.